The Morgan fingerprint density at radius 1 is 0.941 bits per heavy atom. The average Bonchev–Trinajstić information content (AvgIpc) is 2.83. The van der Waals surface area contributed by atoms with Crippen molar-refractivity contribution in [1.29, 1.82) is 0 Å². The van der Waals surface area contributed by atoms with Crippen LogP contribution in [0.1, 0.15) is 42.4 Å². The number of benzene rings is 2. The number of nitrogens with one attached hydrogen (secondary N) is 1. The van der Waals surface area contributed by atoms with Crippen molar-refractivity contribution in [3.05, 3.63) is 71.4 Å². The van der Waals surface area contributed by atoms with E-state index in [0.717, 1.165) is 28.5 Å². The van der Waals surface area contributed by atoms with E-state index < -0.39 is 0 Å². The van der Waals surface area contributed by atoms with E-state index in [1.54, 1.807) is 7.11 Å². The van der Waals surface area contributed by atoms with Gasteiger partial charge in [-0.1, -0.05) is 32.9 Å². The van der Waals surface area contributed by atoms with Crippen LogP contribution in [0, 0.1) is 6.92 Å². The van der Waals surface area contributed by atoms with Crippen LogP contribution >= 0.6 is 0 Å². The number of amides is 1. The van der Waals surface area contributed by atoms with Crippen LogP contribution in [0.4, 0.5) is 17.5 Å². The molecule has 1 N–H and O–H groups in total. The zero-order valence-corrected chi connectivity index (χ0v) is 20.6. The topological polar surface area (TPSA) is 70.6 Å². The molecule has 1 amide bonds. The van der Waals surface area contributed by atoms with Crippen LogP contribution in [0.25, 0.3) is 0 Å². The Morgan fingerprint density at radius 3 is 2.18 bits per heavy atom. The molecular formula is C27H33N5O2. The molecule has 34 heavy (non-hydrogen) atoms. The second kappa shape index (κ2) is 9.71. The highest BCUT2D eigenvalue weighted by molar-refractivity contribution is 5.94. The van der Waals surface area contributed by atoms with Crippen LogP contribution in [0.15, 0.2) is 54.6 Å². The first kappa shape index (κ1) is 23.5. The number of carbonyl (C=O) groups excluding carboxylic acids is 1. The maximum atomic E-state index is 13.0. The van der Waals surface area contributed by atoms with E-state index in [0.29, 0.717) is 32.1 Å². The smallest absolute Gasteiger partial charge is 0.253 e. The minimum absolute atomic E-state index is 0.0715. The van der Waals surface area contributed by atoms with Gasteiger partial charge in [-0.25, -0.2) is 4.98 Å². The summed E-state index contributed by atoms with van der Waals surface area (Å²) in [5, 5.41) is 3.34. The lowest BCUT2D eigenvalue weighted by molar-refractivity contribution is 0.0746. The SMILES string of the molecule is COc1ccc(Nc2cc(C)nc(N3CCN(C(=O)c4ccc(C(C)(C)C)cc4)CC3)n2)cc1. The molecule has 0 atom stereocenters. The highest BCUT2D eigenvalue weighted by atomic mass is 16.5. The summed E-state index contributed by atoms with van der Waals surface area (Å²) in [5.41, 5.74) is 3.85. The summed E-state index contributed by atoms with van der Waals surface area (Å²) >= 11 is 0. The standard InChI is InChI=1S/C27H33N5O2/c1-19-18-24(29-22-10-12-23(34-5)13-11-22)30-26(28-19)32-16-14-31(15-17-32)25(33)20-6-8-21(9-7-20)27(2,3)4/h6-13,18H,14-17H2,1-5H3,(H,28,29,30). The zero-order valence-electron chi connectivity index (χ0n) is 20.6. The van der Waals surface area contributed by atoms with Crippen LogP contribution in [-0.2, 0) is 5.41 Å². The second-order valence-corrected chi connectivity index (χ2v) is 9.65. The fraction of sp³-hybridized carbons (Fsp3) is 0.370. The number of nitrogens with zero attached hydrogens (tertiary/aromatic N) is 4. The molecule has 178 valence electrons. The Kier molecular flexibility index (Phi) is 6.72. The van der Waals surface area contributed by atoms with Crippen molar-refractivity contribution in [2.45, 2.75) is 33.1 Å². The molecule has 2 aromatic carbocycles. The third kappa shape index (κ3) is 5.47. The maximum absolute atomic E-state index is 13.0. The van der Waals surface area contributed by atoms with Gasteiger partial charge in [0.2, 0.25) is 5.95 Å². The van der Waals surface area contributed by atoms with E-state index in [-0.39, 0.29) is 11.3 Å². The number of carbonyl (C=O) groups is 1. The van der Waals surface area contributed by atoms with Crippen molar-refractivity contribution in [3.8, 4) is 5.75 Å². The Bertz CT molecular complexity index is 1130. The number of methoxy groups -OCH3 is 1. The first-order valence-corrected chi connectivity index (χ1v) is 11.6. The number of hydrogen-bond acceptors (Lipinski definition) is 6. The van der Waals surface area contributed by atoms with Gasteiger partial charge < -0.3 is 19.9 Å². The largest absolute Gasteiger partial charge is 0.497 e. The van der Waals surface area contributed by atoms with E-state index in [1.807, 2.05) is 54.3 Å². The summed E-state index contributed by atoms with van der Waals surface area (Å²) in [7, 11) is 1.65. The van der Waals surface area contributed by atoms with Gasteiger partial charge in [0, 0.05) is 49.2 Å². The minimum Gasteiger partial charge on any atom is -0.497 e. The van der Waals surface area contributed by atoms with Gasteiger partial charge in [-0.2, -0.15) is 4.98 Å². The van der Waals surface area contributed by atoms with E-state index in [1.165, 1.54) is 5.56 Å². The van der Waals surface area contributed by atoms with Gasteiger partial charge in [0.05, 0.1) is 7.11 Å². The first-order chi connectivity index (χ1) is 16.2. The van der Waals surface area contributed by atoms with Gasteiger partial charge in [0.15, 0.2) is 0 Å². The molecule has 1 aliphatic rings. The molecule has 0 saturated carbocycles. The van der Waals surface area contributed by atoms with Crippen LogP contribution in [-0.4, -0.2) is 54.1 Å². The van der Waals surface area contributed by atoms with E-state index in [2.05, 4.69) is 48.1 Å². The van der Waals surface area contributed by atoms with Gasteiger partial charge >= 0.3 is 0 Å². The molecule has 1 saturated heterocycles. The molecule has 1 aromatic heterocycles. The fourth-order valence-electron chi connectivity index (χ4n) is 3.99. The summed E-state index contributed by atoms with van der Waals surface area (Å²) < 4.78 is 5.22. The highest BCUT2D eigenvalue weighted by Gasteiger charge is 2.24. The molecule has 7 nitrogen and oxygen atoms in total. The van der Waals surface area contributed by atoms with E-state index >= 15 is 0 Å². The minimum atomic E-state index is 0.0715. The lowest BCUT2D eigenvalue weighted by Gasteiger charge is -2.35. The van der Waals surface area contributed by atoms with Crippen molar-refractivity contribution in [2.75, 3.05) is 43.5 Å². The van der Waals surface area contributed by atoms with Gasteiger partial charge in [0.1, 0.15) is 11.6 Å². The number of aryl methyl sites for hydroxylation is 1. The molecular weight excluding hydrogens is 426 g/mol. The fourth-order valence-corrected chi connectivity index (χ4v) is 3.99. The molecule has 0 spiro atoms. The van der Waals surface area contributed by atoms with Crippen molar-refractivity contribution >= 4 is 23.4 Å². The molecule has 7 heteroatoms. The first-order valence-electron chi connectivity index (χ1n) is 11.6. The number of piperazine rings is 1. The lowest BCUT2D eigenvalue weighted by Crippen LogP contribution is -2.49. The molecule has 3 aromatic rings. The molecule has 4 rings (SSSR count). The third-order valence-corrected chi connectivity index (χ3v) is 6.05. The van der Waals surface area contributed by atoms with Crippen LogP contribution in [0.5, 0.6) is 5.75 Å². The number of anilines is 3. The number of ether oxygens (including phenoxy) is 1. The lowest BCUT2D eigenvalue weighted by atomic mass is 9.86. The van der Waals surface area contributed by atoms with Crippen molar-refractivity contribution in [2.24, 2.45) is 0 Å². The summed E-state index contributed by atoms with van der Waals surface area (Å²) in [6.07, 6.45) is 0. The molecule has 1 fully saturated rings. The highest BCUT2D eigenvalue weighted by Crippen LogP contribution is 2.24. The summed E-state index contributed by atoms with van der Waals surface area (Å²) in [6, 6.07) is 17.6. The van der Waals surface area contributed by atoms with E-state index in [4.69, 9.17) is 9.72 Å². The Morgan fingerprint density at radius 2 is 1.59 bits per heavy atom. The number of hydrogen-bond donors (Lipinski definition) is 1. The van der Waals surface area contributed by atoms with Gasteiger partial charge in [-0.15, -0.1) is 0 Å². The third-order valence-electron chi connectivity index (χ3n) is 6.05. The van der Waals surface area contributed by atoms with Crippen LogP contribution in [0.3, 0.4) is 0 Å². The van der Waals surface area contributed by atoms with E-state index in [9.17, 15) is 4.79 Å². The normalized spacial score (nSPS) is 14.1. The maximum Gasteiger partial charge on any atom is 0.253 e. The zero-order chi connectivity index (χ0) is 24.3. The van der Waals surface area contributed by atoms with Crippen molar-refractivity contribution in [1.82, 2.24) is 14.9 Å². The monoisotopic (exact) mass is 459 g/mol. The predicted molar refractivity (Wildman–Crippen MR) is 136 cm³/mol. The molecule has 0 aliphatic carbocycles. The Hall–Kier alpha value is -3.61. The van der Waals surface area contributed by atoms with Crippen molar-refractivity contribution in [3.63, 3.8) is 0 Å². The van der Waals surface area contributed by atoms with Crippen molar-refractivity contribution < 1.29 is 9.53 Å². The molecule has 0 bridgehead atoms. The Balaban J connectivity index is 1.40. The van der Waals surface area contributed by atoms with Gasteiger partial charge in [0.25, 0.3) is 5.91 Å². The van der Waals surface area contributed by atoms with Crippen LogP contribution in [0.2, 0.25) is 0 Å². The predicted octanol–water partition coefficient (Wildman–Crippen LogP) is 4.80. The quantitative estimate of drug-likeness (QED) is 0.591. The average molecular weight is 460 g/mol. The number of aromatic nitrogens is 2. The van der Waals surface area contributed by atoms with Gasteiger partial charge in [-0.3, -0.25) is 4.79 Å². The molecule has 0 unspecified atom stereocenters. The molecule has 1 aliphatic heterocycles. The molecule has 2 heterocycles. The number of rotatable bonds is 5. The van der Waals surface area contributed by atoms with Crippen LogP contribution < -0.4 is 15.0 Å². The molecule has 0 radical (unpaired) electrons. The summed E-state index contributed by atoms with van der Waals surface area (Å²) in [5.74, 6) is 2.30. The summed E-state index contributed by atoms with van der Waals surface area (Å²) in [4.78, 5) is 26.4. The Labute approximate surface area is 201 Å². The summed E-state index contributed by atoms with van der Waals surface area (Å²) in [6.45, 7) is 11.1. The second-order valence-electron chi connectivity index (χ2n) is 9.65. The van der Waals surface area contributed by atoms with Gasteiger partial charge in [-0.05, 0) is 54.3 Å².